The fraction of sp³-hybridized carbons (Fsp3) is 0.750. The Morgan fingerprint density at radius 2 is 1.72 bits per heavy atom. The summed E-state index contributed by atoms with van der Waals surface area (Å²) in [7, 11) is 5.62. The first-order chi connectivity index (χ1) is 21.6. The Bertz CT molecular complexity index is 1420. The maximum atomic E-state index is 14.2. The minimum absolute atomic E-state index is 0.0210. The highest BCUT2D eigenvalue weighted by atomic mass is 32.1. The van der Waals surface area contributed by atoms with Crippen LogP contribution < -0.4 is 5.32 Å². The van der Waals surface area contributed by atoms with E-state index in [4.69, 9.17) is 4.74 Å². The van der Waals surface area contributed by atoms with Crippen LogP contribution in [0.5, 0.6) is 0 Å². The average Bonchev–Trinajstić information content (AvgIpc) is 3.63. The quantitative estimate of drug-likeness (QED) is 0.237. The van der Waals surface area contributed by atoms with Crippen LogP contribution in [0.3, 0.4) is 0 Å². The molecule has 254 valence electrons. The maximum absolute atomic E-state index is 14.2. The van der Waals surface area contributed by atoms with E-state index in [2.05, 4.69) is 84.6 Å². The molecule has 6 heteroatoms. The van der Waals surface area contributed by atoms with Gasteiger partial charge in [-0.05, 0) is 148 Å². The maximum Gasteiger partial charge on any atom is 0.348 e. The first-order valence-corrected chi connectivity index (χ1v) is 18.9. The topological polar surface area (TPSA) is 58.6 Å². The van der Waals surface area contributed by atoms with Crippen molar-refractivity contribution in [2.45, 2.75) is 99.3 Å². The van der Waals surface area contributed by atoms with Gasteiger partial charge in [0.05, 0.1) is 12.5 Å². The van der Waals surface area contributed by atoms with E-state index in [1.807, 2.05) is 6.07 Å². The van der Waals surface area contributed by atoms with Crippen molar-refractivity contribution in [3.8, 4) is 0 Å². The Kier molecular flexibility index (Phi) is 8.57. The molecule has 6 rings (SSSR count). The molecule has 4 saturated carbocycles. The molecule has 0 saturated heterocycles. The van der Waals surface area contributed by atoms with Crippen molar-refractivity contribution in [3.63, 3.8) is 0 Å². The standard InChI is InChI=1S/C40H60N2O3S/c1-25(2)26-15-20-40(35(44)41-23-24-42(8)9)22-21-38(6)28(33(26)40)11-14-32-37(5)18-16-27(29-12-13-30(46-29)34(43)45-10)36(3,4)31(37)17-19-39(32,38)7/h12-13,16,26,28,31-33H,1,11,14-15,17-24H2,2-10H3,(H,41,44)/t26-,28+,31-,32+,33+,37-,38+,39+,40-/m0/s1. The van der Waals surface area contributed by atoms with Crippen molar-refractivity contribution in [2.24, 2.45) is 56.7 Å². The van der Waals surface area contributed by atoms with Gasteiger partial charge < -0.3 is 15.0 Å². The summed E-state index contributed by atoms with van der Waals surface area (Å²) < 4.78 is 5.03. The molecule has 0 aliphatic heterocycles. The van der Waals surface area contributed by atoms with Crippen LogP contribution in [0.4, 0.5) is 0 Å². The molecule has 1 aromatic heterocycles. The summed E-state index contributed by atoms with van der Waals surface area (Å²) in [4.78, 5) is 30.6. The summed E-state index contributed by atoms with van der Waals surface area (Å²) in [6.45, 7) is 21.2. The zero-order valence-corrected chi connectivity index (χ0v) is 31.0. The smallest absolute Gasteiger partial charge is 0.348 e. The molecule has 0 aromatic carbocycles. The summed E-state index contributed by atoms with van der Waals surface area (Å²) in [5.41, 5.74) is 3.13. The van der Waals surface area contributed by atoms with Crippen molar-refractivity contribution < 1.29 is 14.3 Å². The second kappa shape index (κ2) is 11.6. The fourth-order valence-corrected chi connectivity index (χ4v) is 14.0. The normalized spacial score (nSPS) is 41.0. The minimum Gasteiger partial charge on any atom is -0.465 e. The average molecular weight is 649 g/mol. The van der Waals surface area contributed by atoms with Crippen LogP contribution in [0.2, 0.25) is 0 Å². The number of ether oxygens (including phenoxy) is 1. The third kappa shape index (κ3) is 4.76. The van der Waals surface area contributed by atoms with E-state index in [-0.39, 0.29) is 33.0 Å². The van der Waals surface area contributed by atoms with Crippen molar-refractivity contribution in [1.29, 1.82) is 0 Å². The number of amides is 1. The molecule has 0 radical (unpaired) electrons. The number of rotatable bonds is 7. The Hall–Kier alpha value is -1.92. The molecule has 1 heterocycles. The lowest BCUT2D eigenvalue weighted by Crippen LogP contribution is -2.66. The lowest BCUT2D eigenvalue weighted by molar-refractivity contribution is -0.225. The van der Waals surface area contributed by atoms with E-state index in [0.717, 1.165) is 45.2 Å². The molecule has 1 aromatic rings. The van der Waals surface area contributed by atoms with Crippen molar-refractivity contribution in [3.05, 3.63) is 40.1 Å². The van der Waals surface area contributed by atoms with Gasteiger partial charge >= 0.3 is 5.97 Å². The summed E-state index contributed by atoms with van der Waals surface area (Å²) in [5, 5.41) is 3.42. The second-order valence-corrected chi connectivity index (χ2v) is 18.7. The number of hydrogen-bond acceptors (Lipinski definition) is 5. The third-order valence-corrected chi connectivity index (χ3v) is 16.3. The van der Waals surface area contributed by atoms with Gasteiger partial charge in [-0.25, -0.2) is 4.79 Å². The molecule has 1 N–H and O–H groups in total. The fourth-order valence-electron chi connectivity index (χ4n) is 12.8. The first kappa shape index (κ1) is 34.0. The van der Waals surface area contributed by atoms with Gasteiger partial charge in [-0.15, -0.1) is 11.3 Å². The molecular formula is C40H60N2O3S. The van der Waals surface area contributed by atoms with E-state index in [0.29, 0.717) is 40.4 Å². The molecule has 5 nitrogen and oxygen atoms in total. The zero-order chi connectivity index (χ0) is 33.4. The lowest BCUT2D eigenvalue weighted by atomic mass is 9.32. The van der Waals surface area contributed by atoms with Gasteiger partial charge in [-0.2, -0.15) is 0 Å². The molecule has 4 fully saturated rings. The SMILES string of the molecule is C=C(C)[C@@H]1CC[C@]2(C(=O)NCCN(C)C)CC[C@]3(C)[C@H](CC[C@@H]4[C@@]5(C)CC=C(c6ccc(C(=O)OC)s6)C(C)(C)[C@@H]5CC[C@]43C)[C@@H]12. The van der Waals surface area contributed by atoms with Crippen LogP contribution in [0.1, 0.15) is 114 Å². The van der Waals surface area contributed by atoms with Crippen LogP contribution in [0.25, 0.3) is 5.57 Å². The number of allylic oxidation sites excluding steroid dienone is 3. The molecule has 5 aliphatic rings. The Morgan fingerprint density at radius 3 is 2.39 bits per heavy atom. The molecule has 46 heavy (non-hydrogen) atoms. The molecule has 9 atom stereocenters. The van der Waals surface area contributed by atoms with E-state index in [9.17, 15) is 9.59 Å². The number of methoxy groups -OCH3 is 1. The van der Waals surface area contributed by atoms with Gasteiger partial charge in [0, 0.05) is 18.0 Å². The zero-order valence-electron chi connectivity index (χ0n) is 30.2. The molecule has 0 spiro atoms. The van der Waals surface area contributed by atoms with Gasteiger partial charge in [0.15, 0.2) is 0 Å². The van der Waals surface area contributed by atoms with Gasteiger partial charge in [-0.3, -0.25) is 4.79 Å². The monoisotopic (exact) mass is 648 g/mol. The first-order valence-electron chi connectivity index (χ1n) is 18.0. The number of likely N-dealkylation sites (N-methyl/N-ethyl adjacent to an activating group) is 1. The van der Waals surface area contributed by atoms with Crippen LogP contribution in [-0.4, -0.2) is 51.1 Å². The summed E-state index contributed by atoms with van der Waals surface area (Å²) in [5.74, 6) is 2.70. The van der Waals surface area contributed by atoms with E-state index in [1.165, 1.54) is 48.8 Å². The Morgan fingerprint density at radius 1 is 0.978 bits per heavy atom. The van der Waals surface area contributed by atoms with Crippen LogP contribution >= 0.6 is 11.3 Å². The number of nitrogens with zero attached hydrogens (tertiary/aromatic N) is 1. The van der Waals surface area contributed by atoms with Crippen molar-refractivity contribution >= 4 is 28.8 Å². The third-order valence-electron chi connectivity index (χ3n) is 15.2. The number of thiophene rings is 1. The van der Waals surface area contributed by atoms with Gasteiger partial charge in [0.1, 0.15) is 4.88 Å². The largest absolute Gasteiger partial charge is 0.465 e. The van der Waals surface area contributed by atoms with E-state index >= 15 is 0 Å². The number of carbonyl (C=O) groups is 2. The lowest BCUT2D eigenvalue weighted by Gasteiger charge is -2.72. The molecular weight excluding hydrogens is 589 g/mol. The summed E-state index contributed by atoms with van der Waals surface area (Å²) >= 11 is 1.58. The number of carbonyl (C=O) groups excluding carboxylic acids is 2. The van der Waals surface area contributed by atoms with Crippen LogP contribution in [-0.2, 0) is 9.53 Å². The van der Waals surface area contributed by atoms with Crippen LogP contribution in [0.15, 0.2) is 30.4 Å². The minimum atomic E-state index is -0.251. The van der Waals surface area contributed by atoms with Crippen LogP contribution in [0, 0.1) is 56.7 Å². The predicted molar refractivity (Wildman–Crippen MR) is 190 cm³/mol. The highest BCUT2D eigenvalue weighted by molar-refractivity contribution is 7.15. The Labute approximate surface area is 283 Å². The van der Waals surface area contributed by atoms with Crippen molar-refractivity contribution in [2.75, 3.05) is 34.3 Å². The summed E-state index contributed by atoms with van der Waals surface area (Å²) in [6.07, 6.45) is 12.9. The second-order valence-electron chi connectivity index (χ2n) is 17.6. The number of hydrogen-bond donors (Lipinski definition) is 1. The molecule has 0 unspecified atom stereocenters. The van der Waals surface area contributed by atoms with Gasteiger partial charge in [0.2, 0.25) is 5.91 Å². The summed E-state index contributed by atoms with van der Waals surface area (Å²) in [6, 6.07) is 4.07. The number of nitrogens with one attached hydrogen (secondary N) is 1. The highest BCUT2D eigenvalue weighted by Gasteiger charge is 2.71. The van der Waals surface area contributed by atoms with E-state index in [1.54, 1.807) is 11.3 Å². The molecule has 1 amide bonds. The van der Waals surface area contributed by atoms with Crippen molar-refractivity contribution in [1.82, 2.24) is 10.2 Å². The van der Waals surface area contributed by atoms with Gasteiger partial charge in [0.25, 0.3) is 0 Å². The van der Waals surface area contributed by atoms with Gasteiger partial charge in [-0.1, -0.05) is 52.8 Å². The highest BCUT2D eigenvalue weighted by Crippen LogP contribution is 2.77. The number of fused-ring (bicyclic) bond motifs is 7. The molecule has 5 aliphatic carbocycles. The Balaban J connectivity index is 1.33. The van der Waals surface area contributed by atoms with E-state index < -0.39 is 0 Å². The molecule has 0 bridgehead atoms. The predicted octanol–water partition coefficient (Wildman–Crippen LogP) is 8.86. The number of esters is 1.